The summed E-state index contributed by atoms with van der Waals surface area (Å²) in [6, 6.07) is 16.2. The van der Waals surface area contributed by atoms with E-state index in [-0.39, 0.29) is 12.8 Å². The van der Waals surface area contributed by atoms with E-state index in [1.165, 1.54) is 0 Å². The maximum atomic E-state index is 11.6. The Hall–Kier alpha value is -4.08. The van der Waals surface area contributed by atoms with Crippen LogP contribution < -0.4 is 10.6 Å². The molecule has 10 heteroatoms. The van der Waals surface area contributed by atoms with Crippen molar-refractivity contribution in [3.8, 4) is 0 Å². The highest BCUT2D eigenvalue weighted by atomic mass is 16.6. The minimum Gasteiger partial charge on any atom is -0.480 e. The summed E-state index contributed by atoms with van der Waals surface area (Å²) >= 11 is 0. The molecule has 10 nitrogen and oxygen atoms in total. The van der Waals surface area contributed by atoms with Gasteiger partial charge in [0.15, 0.2) is 0 Å². The Balaban J connectivity index is 0.000000380. The van der Waals surface area contributed by atoms with Gasteiger partial charge in [0.1, 0.15) is 23.3 Å². The second kappa shape index (κ2) is 14.6. The molecule has 0 aliphatic rings. The number of amides is 2. The normalized spacial score (nSPS) is 12.6. The topological polar surface area (TPSA) is 151 Å². The van der Waals surface area contributed by atoms with E-state index in [0.29, 0.717) is 0 Å². The van der Waals surface area contributed by atoms with E-state index < -0.39 is 47.4 Å². The van der Waals surface area contributed by atoms with Crippen LogP contribution in [-0.4, -0.2) is 57.6 Å². The molecule has 4 N–H and O–H groups in total. The van der Waals surface area contributed by atoms with Crippen molar-refractivity contribution in [1.29, 1.82) is 0 Å². The summed E-state index contributed by atoms with van der Waals surface area (Å²) in [6.07, 6.45) is -1.02. The lowest BCUT2D eigenvalue weighted by molar-refractivity contribution is -0.140. The average Bonchev–Trinajstić information content (AvgIpc) is 2.77. The Bertz CT molecular complexity index is 959. The van der Waals surface area contributed by atoms with Crippen molar-refractivity contribution in [1.82, 2.24) is 10.6 Å². The van der Waals surface area contributed by atoms with Gasteiger partial charge in [-0.3, -0.25) is 0 Å². The van der Waals surface area contributed by atoms with E-state index in [1.807, 2.05) is 60.7 Å². The first-order valence-electron chi connectivity index (χ1n) is 12.1. The molecule has 0 spiro atoms. The quantitative estimate of drug-likeness (QED) is 0.392. The zero-order valence-electron chi connectivity index (χ0n) is 22.7. The summed E-state index contributed by atoms with van der Waals surface area (Å²) in [5.41, 5.74) is 0.372. The van der Waals surface area contributed by atoms with E-state index in [2.05, 4.69) is 10.6 Å². The lowest BCUT2D eigenvalue weighted by Crippen LogP contribution is -2.44. The number of hydrogen-bond donors (Lipinski definition) is 4. The molecule has 2 atom stereocenters. The lowest BCUT2D eigenvalue weighted by atomic mass is 10.1. The lowest BCUT2D eigenvalue weighted by Gasteiger charge is -2.22. The summed E-state index contributed by atoms with van der Waals surface area (Å²) in [4.78, 5) is 45.4. The maximum absolute atomic E-state index is 11.6. The Morgan fingerprint density at radius 2 is 0.921 bits per heavy atom. The number of alkyl carbamates (subject to hydrolysis) is 2. The number of carbonyl (C=O) groups excluding carboxylic acids is 2. The van der Waals surface area contributed by atoms with Gasteiger partial charge in [0.05, 0.1) is 0 Å². The molecule has 0 saturated carbocycles. The van der Waals surface area contributed by atoms with Crippen molar-refractivity contribution in [2.24, 2.45) is 0 Å². The minimum atomic E-state index is -1.09. The first-order chi connectivity index (χ1) is 17.6. The Labute approximate surface area is 223 Å². The van der Waals surface area contributed by atoms with E-state index in [9.17, 15) is 19.2 Å². The van der Waals surface area contributed by atoms with E-state index in [1.54, 1.807) is 41.5 Å². The van der Waals surface area contributed by atoms with Gasteiger partial charge in [-0.25, -0.2) is 19.2 Å². The van der Waals surface area contributed by atoms with Crippen LogP contribution in [-0.2, 0) is 31.9 Å². The summed E-state index contributed by atoms with van der Waals surface area (Å²) in [5, 5.41) is 22.9. The number of aliphatic carboxylic acids is 2. The molecule has 0 aliphatic heterocycles. The van der Waals surface area contributed by atoms with Gasteiger partial charge in [-0.1, -0.05) is 60.7 Å². The van der Waals surface area contributed by atoms with Crippen LogP contribution in [0.4, 0.5) is 9.59 Å². The molecule has 2 amide bonds. The molecule has 0 bridgehead atoms. The summed E-state index contributed by atoms with van der Waals surface area (Å²) in [6.45, 7) is 10.3. The van der Waals surface area contributed by atoms with Crippen LogP contribution in [0.3, 0.4) is 0 Å². The van der Waals surface area contributed by atoms with Crippen LogP contribution in [0, 0.1) is 0 Å². The maximum Gasteiger partial charge on any atom is 0.408 e. The fraction of sp³-hybridized carbons (Fsp3) is 0.429. The number of carboxylic acids is 2. The molecule has 0 fully saturated rings. The Kier molecular flexibility index (Phi) is 12.3. The van der Waals surface area contributed by atoms with Gasteiger partial charge in [0.2, 0.25) is 0 Å². The smallest absolute Gasteiger partial charge is 0.408 e. The number of rotatable bonds is 8. The van der Waals surface area contributed by atoms with Crippen molar-refractivity contribution in [3.05, 3.63) is 71.8 Å². The average molecular weight is 531 g/mol. The molecule has 2 aromatic carbocycles. The molecule has 0 aliphatic carbocycles. The standard InChI is InChI=1S/2C14H19NO4/c2*1-14(2,3)19-13(18)15-11(12(16)17)9-10-7-5-4-6-8-10/h2*4-8,11H,9H2,1-3H3,(H,15,18)(H,16,17)/t2*11-/m00/s1. The van der Waals surface area contributed by atoms with Crippen LogP contribution in [0.2, 0.25) is 0 Å². The second-order valence-electron chi connectivity index (χ2n) is 10.5. The molecular formula is C28H38N2O8. The summed E-state index contributed by atoms with van der Waals surface area (Å²) in [7, 11) is 0. The van der Waals surface area contributed by atoms with Crippen LogP contribution in [0.1, 0.15) is 52.7 Å². The Morgan fingerprint density at radius 1 is 0.632 bits per heavy atom. The SMILES string of the molecule is CC(C)(C)OC(=O)N[C@@H](Cc1ccccc1)C(=O)O.CC(C)(C)OC(=O)N[C@@H](Cc1ccccc1)C(=O)O. The van der Waals surface area contributed by atoms with Gasteiger partial charge in [-0.2, -0.15) is 0 Å². The molecule has 0 radical (unpaired) electrons. The van der Waals surface area contributed by atoms with Crippen LogP contribution >= 0.6 is 0 Å². The zero-order valence-corrected chi connectivity index (χ0v) is 22.7. The molecule has 0 saturated heterocycles. The second-order valence-corrected chi connectivity index (χ2v) is 10.5. The van der Waals surface area contributed by atoms with Crippen LogP contribution in [0.5, 0.6) is 0 Å². The first-order valence-corrected chi connectivity index (χ1v) is 12.1. The number of carboxylic acid groups (broad SMARTS) is 2. The third-order valence-corrected chi connectivity index (χ3v) is 4.54. The van der Waals surface area contributed by atoms with Crippen molar-refractivity contribution in [3.63, 3.8) is 0 Å². The number of benzene rings is 2. The van der Waals surface area contributed by atoms with Gasteiger partial charge < -0.3 is 30.3 Å². The predicted molar refractivity (Wildman–Crippen MR) is 142 cm³/mol. The van der Waals surface area contributed by atoms with Gasteiger partial charge in [-0.15, -0.1) is 0 Å². The van der Waals surface area contributed by atoms with Gasteiger partial charge >= 0.3 is 24.1 Å². The molecule has 38 heavy (non-hydrogen) atoms. The third kappa shape index (κ3) is 14.5. The van der Waals surface area contributed by atoms with Crippen molar-refractivity contribution < 1.29 is 38.9 Å². The van der Waals surface area contributed by atoms with E-state index in [0.717, 1.165) is 11.1 Å². The Morgan fingerprint density at radius 3 is 1.16 bits per heavy atom. The summed E-state index contributed by atoms with van der Waals surface area (Å²) < 4.78 is 10.1. The number of nitrogens with one attached hydrogen (secondary N) is 2. The van der Waals surface area contributed by atoms with Gasteiger partial charge in [0.25, 0.3) is 0 Å². The zero-order chi connectivity index (χ0) is 28.9. The third-order valence-electron chi connectivity index (χ3n) is 4.54. The van der Waals surface area contributed by atoms with Crippen molar-refractivity contribution in [2.75, 3.05) is 0 Å². The number of hydrogen-bond acceptors (Lipinski definition) is 6. The highest BCUT2D eigenvalue weighted by Gasteiger charge is 2.25. The highest BCUT2D eigenvalue weighted by Crippen LogP contribution is 2.10. The van der Waals surface area contributed by atoms with E-state index in [4.69, 9.17) is 19.7 Å². The van der Waals surface area contributed by atoms with Gasteiger partial charge in [-0.05, 0) is 52.7 Å². The van der Waals surface area contributed by atoms with Crippen molar-refractivity contribution >= 4 is 24.1 Å². The molecule has 208 valence electrons. The number of carbonyl (C=O) groups is 4. The molecule has 0 aromatic heterocycles. The summed E-state index contributed by atoms with van der Waals surface area (Å²) in [5.74, 6) is -2.18. The molecular weight excluding hydrogens is 492 g/mol. The monoisotopic (exact) mass is 530 g/mol. The van der Waals surface area contributed by atoms with Gasteiger partial charge in [0, 0.05) is 12.8 Å². The molecule has 2 rings (SSSR count). The predicted octanol–water partition coefficient (Wildman–Crippen LogP) is 4.41. The highest BCUT2D eigenvalue weighted by molar-refractivity contribution is 5.81. The molecule has 0 heterocycles. The van der Waals surface area contributed by atoms with E-state index >= 15 is 0 Å². The molecule has 2 aromatic rings. The van der Waals surface area contributed by atoms with Crippen LogP contribution in [0.25, 0.3) is 0 Å². The fourth-order valence-electron chi connectivity index (χ4n) is 3.00. The number of ether oxygens (including phenoxy) is 2. The van der Waals surface area contributed by atoms with Crippen molar-refractivity contribution in [2.45, 2.75) is 77.7 Å². The molecule has 0 unspecified atom stereocenters. The largest absolute Gasteiger partial charge is 0.480 e. The minimum absolute atomic E-state index is 0.218. The fourth-order valence-corrected chi connectivity index (χ4v) is 3.00. The van der Waals surface area contributed by atoms with Crippen LogP contribution in [0.15, 0.2) is 60.7 Å². The first kappa shape index (κ1) is 31.9.